The number of carbonyl (C=O) groups is 1. The first-order valence-electron chi connectivity index (χ1n) is 8.93. The van der Waals surface area contributed by atoms with Crippen molar-refractivity contribution in [1.29, 1.82) is 0 Å². The number of benzene rings is 2. The van der Waals surface area contributed by atoms with Crippen LogP contribution in [0.5, 0.6) is 0 Å². The Bertz CT molecular complexity index is 999. The van der Waals surface area contributed by atoms with Gasteiger partial charge in [0.1, 0.15) is 17.7 Å². The van der Waals surface area contributed by atoms with Crippen molar-refractivity contribution in [3.8, 4) is 0 Å². The number of para-hydroxylation sites is 1. The van der Waals surface area contributed by atoms with Gasteiger partial charge in [0.2, 0.25) is 5.91 Å². The van der Waals surface area contributed by atoms with Crippen LogP contribution in [-0.4, -0.2) is 36.1 Å². The molecular formula is C21H20F2N2O2. The number of H-pyrrole nitrogens is 1. The molecule has 1 N–H and O–H groups in total. The molecule has 1 aromatic heterocycles. The summed E-state index contributed by atoms with van der Waals surface area (Å²) < 4.78 is 33.6. The molecule has 4 rings (SSSR count). The minimum absolute atomic E-state index is 0.144. The number of carbonyl (C=O) groups excluding carboxylic acids is 1. The van der Waals surface area contributed by atoms with Crippen molar-refractivity contribution in [2.45, 2.75) is 18.9 Å². The summed E-state index contributed by atoms with van der Waals surface area (Å²) in [6.07, 6.45) is 0.852. The molecule has 1 amide bonds. The molecule has 4 nitrogen and oxygen atoms in total. The van der Waals surface area contributed by atoms with Gasteiger partial charge in [-0.2, -0.15) is 0 Å². The number of halogens is 2. The van der Waals surface area contributed by atoms with Crippen LogP contribution in [-0.2, 0) is 16.0 Å². The van der Waals surface area contributed by atoms with Gasteiger partial charge >= 0.3 is 0 Å². The molecule has 140 valence electrons. The molecule has 1 aliphatic rings. The molecular weight excluding hydrogens is 350 g/mol. The second-order valence-electron chi connectivity index (χ2n) is 6.71. The van der Waals surface area contributed by atoms with E-state index < -0.39 is 17.7 Å². The quantitative estimate of drug-likeness (QED) is 0.756. The predicted molar refractivity (Wildman–Crippen MR) is 98.4 cm³/mol. The number of hydrogen-bond donors (Lipinski definition) is 1. The number of aromatic amines is 1. The third kappa shape index (κ3) is 3.10. The minimum atomic E-state index is -0.693. The Morgan fingerprint density at radius 3 is 2.89 bits per heavy atom. The Hall–Kier alpha value is -2.73. The number of nitrogens with one attached hydrogen (secondary N) is 1. The first-order valence-corrected chi connectivity index (χ1v) is 8.93. The van der Waals surface area contributed by atoms with E-state index in [4.69, 9.17) is 4.74 Å². The Morgan fingerprint density at radius 2 is 2.07 bits per heavy atom. The Morgan fingerprint density at radius 1 is 1.26 bits per heavy atom. The number of amides is 1. The largest absolute Gasteiger partial charge is 0.384 e. The summed E-state index contributed by atoms with van der Waals surface area (Å²) >= 11 is 0. The lowest BCUT2D eigenvalue weighted by molar-refractivity contribution is -0.134. The summed E-state index contributed by atoms with van der Waals surface area (Å²) in [6, 6.07) is 10.5. The number of methoxy groups -OCH3 is 1. The molecule has 1 atom stereocenters. The third-order valence-electron chi connectivity index (χ3n) is 5.13. The maximum absolute atomic E-state index is 14.6. The van der Waals surface area contributed by atoms with E-state index in [0.717, 1.165) is 34.3 Å². The van der Waals surface area contributed by atoms with Crippen molar-refractivity contribution < 1.29 is 18.3 Å². The highest BCUT2D eigenvalue weighted by Crippen LogP contribution is 2.39. The fraction of sp³-hybridized carbons (Fsp3) is 0.286. The van der Waals surface area contributed by atoms with E-state index in [1.165, 1.54) is 13.2 Å². The molecule has 0 spiro atoms. The van der Waals surface area contributed by atoms with Crippen LogP contribution in [0.3, 0.4) is 0 Å². The van der Waals surface area contributed by atoms with Crippen molar-refractivity contribution in [2.24, 2.45) is 0 Å². The van der Waals surface area contributed by atoms with E-state index in [9.17, 15) is 13.6 Å². The summed E-state index contributed by atoms with van der Waals surface area (Å²) in [4.78, 5) is 17.7. The Kier molecular flexibility index (Phi) is 4.66. The van der Waals surface area contributed by atoms with Crippen LogP contribution in [0, 0.1) is 11.6 Å². The maximum Gasteiger partial charge on any atom is 0.225 e. The van der Waals surface area contributed by atoms with Gasteiger partial charge < -0.3 is 14.6 Å². The molecule has 0 aliphatic carbocycles. The molecule has 0 radical (unpaired) electrons. The highest BCUT2D eigenvalue weighted by atomic mass is 19.1. The van der Waals surface area contributed by atoms with Gasteiger partial charge in [0, 0.05) is 35.8 Å². The van der Waals surface area contributed by atoms with Crippen molar-refractivity contribution in [1.82, 2.24) is 9.88 Å². The maximum atomic E-state index is 14.6. The van der Waals surface area contributed by atoms with Gasteiger partial charge in [-0.1, -0.05) is 18.2 Å². The third-order valence-corrected chi connectivity index (χ3v) is 5.13. The average Bonchev–Trinajstić information content (AvgIpc) is 3.06. The monoisotopic (exact) mass is 370 g/mol. The van der Waals surface area contributed by atoms with E-state index in [1.807, 2.05) is 24.3 Å². The Balaban J connectivity index is 1.87. The molecule has 0 fully saturated rings. The summed E-state index contributed by atoms with van der Waals surface area (Å²) in [6.45, 7) is 0.727. The van der Waals surface area contributed by atoms with E-state index in [-0.39, 0.29) is 24.5 Å². The first-order chi connectivity index (χ1) is 13.1. The fourth-order valence-corrected chi connectivity index (χ4v) is 3.89. The van der Waals surface area contributed by atoms with Crippen LogP contribution in [0.25, 0.3) is 10.9 Å². The Labute approximate surface area is 155 Å². The topological polar surface area (TPSA) is 45.3 Å². The van der Waals surface area contributed by atoms with Crippen LogP contribution in [0.15, 0.2) is 42.5 Å². The second kappa shape index (κ2) is 7.12. The molecule has 2 aromatic carbocycles. The molecule has 0 saturated heterocycles. The summed E-state index contributed by atoms with van der Waals surface area (Å²) in [7, 11) is 1.53. The standard InChI is InChI=1S/C21H20F2N2O2/c1-27-11-9-19(26)25-10-8-15-14-4-2-3-5-18(14)24-20(15)21(25)16-12-13(22)6-7-17(16)23/h2-7,12,21,24H,8-11H2,1H3. The van der Waals surface area contributed by atoms with Crippen molar-refractivity contribution >= 4 is 16.8 Å². The highest BCUT2D eigenvalue weighted by Gasteiger charge is 2.35. The number of fused-ring (bicyclic) bond motifs is 3. The molecule has 1 unspecified atom stereocenters. The molecule has 27 heavy (non-hydrogen) atoms. The summed E-state index contributed by atoms with van der Waals surface area (Å²) in [5.74, 6) is -1.20. The van der Waals surface area contributed by atoms with E-state index >= 15 is 0 Å². The van der Waals surface area contributed by atoms with Gasteiger partial charge in [-0.15, -0.1) is 0 Å². The predicted octanol–water partition coefficient (Wildman–Crippen LogP) is 3.96. The van der Waals surface area contributed by atoms with Crippen LogP contribution in [0.4, 0.5) is 8.78 Å². The number of rotatable bonds is 4. The normalized spacial score (nSPS) is 16.6. The van der Waals surface area contributed by atoms with Gasteiger partial charge in [-0.3, -0.25) is 4.79 Å². The van der Waals surface area contributed by atoms with Gasteiger partial charge in [0.25, 0.3) is 0 Å². The van der Waals surface area contributed by atoms with E-state index in [2.05, 4.69) is 4.98 Å². The second-order valence-corrected chi connectivity index (χ2v) is 6.71. The number of nitrogens with zero attached hydrogens (tertiary/aromatic N) is 1. The van der Waals surface area contributed by atoms with Crippen LogP contribution in [0.2, 0.25) is 0 Å². The lowest BCUT2D eigenvalue weighted by atomic mass is 9.91. The molecule has 1 aliphatic heterocycles. The van der Waals surface area contributed by atoms with Gasteiger partial charge in [0.15, 0.2) is 0 Å². The van der Waals surface area contributed by atoms with E-state index in [0.29, 0.717) is 13.0 Å². The zero-order valence-corrected chi connectivity index (χ0v) is 15.0. The van der Waals surface area contributed by atoms with Crippen LogP contribution >= 0.6 is 0 Å². The molecule has 3 aromatic rings. The lowest BCUT2D eigenvalue weighted by Crippen LogP contribution is -2.41. The summed E-state index contributed by atoms with van der Waals surface area (Å²) in [5, 5.41) is 1.05. The minimum Gasteiger partial charge on any atom is -0.384 e. The fourth-order valence-electron chi connectivity index (χ4n) is 3.89. The molecule has 2 heterocycles. The van der Waals surface area contributed by atoms with Crippen LogP contribution < -0.4 is 0 Å². The molecule has 6 heteroatoms. The van der Waals surface area contributed by atoms with Gasteiger partial charge in [-0.25, -0.2) is 8.78 Å². The zero-order chi connectivity index (χ0) is 19.0. The number of aromatic nitrogens is 1. The molecule has 0 bridgehead atoms. The highest BCUT2D eigenvalue weighted by molar-refractivity contribution is 5.86. The zero-order valence-electron chi connectivity index (χ0n) is 15.0. The smallest absolute Gasteiger partial charge is 0.225 e. The van der Waals surface area contributed by atoms with Gasteiger partial charge in [-0.05, 0) is 36.2 Å². The average molecular weight is 370 g/mol. The van der Waals surface area contributed by atoms with Crippen molar-refractivity contribution in [2.75, 3.05) is 20.3 Å². The van der Waals surface area contributed by atoms with Crippen molar-refractivity contribution in [3.63, 3.8) is 0 Å². The summed E-state index contributed by atoms with van der Waals surface area (Å²) in [5.41, 5.74) is 2.89. The van der Waals surface area contributed by atoms with Crippen LogP contribution in [0.1, 0.15) is 29.3 Å². The number of hydrogen-bond acceptors (Lipinski definition) is 2. The van der Waals surface area contributed by atoms with Crippen molar-refractivity contribution in [3.05, 3.63) is 70.9 Å². The number of ether oxygens (including phenoxy) is 1. The van der Waals surface area contributed by atoms with Gasteiger partial charge in [0.05, 0.1) is 13.0 Å². The lowest BCUT2D eigenvalue weighted by Gasteiger charge is -2.36. The van der Waals surface area contributed by atoms with E-state index in [1.54, 1.807) is 4.90 Å². The first kappa shape index (κ1) is 17.7. The molecule has 0 saturated carbocycles. The SMILES string of the molecule is COCCC(=O)N1CCc2c([nH]c3ccccc23)C1c1cc(F)ccc1F.